The second-order valence-corrected chi connectivity index (χ2v) is 2.74. The highest BCUT2D eigenvalue weighted by Gasteiger charge is 2.16. The molecule has 0 fully saturated rings. The average Bonchev–Trinajstić information content (AvgIpc) is 2.35. The van der Waals surface area contributed by atoms with Crippen molar-refractivity contribution in [3.8, 4) is 0 Å². The predicted molar refractivity (Wildman–Crippen MR) is 43.0 cm³/mol. The Hall–Kier alpha value is -1.18. The maximum atomic E-state index is 13.0. The summed E-state index contributed by atoms with van der Waals surface area (Å²) in [5, 5.41) is 0. The molecule has 1 nitrogen and oxygen atoms in total. The van der Waals surface area contributed by atoms with Gasteiger partial charge in [-0.05, 0) is 11.6 Å². The largest absolute Gasteiger partial charge is 0.257 e. The van der Waals surface area contributed by atoms with Gasteiger partial charge in [0.15, 0.2) is 0 Å². The quantitative estimate of drug-likeness (QED) is 0.537. The second kappa shape index (κ2) is 2.16. The van der Waals surface area contributed by atoms with Crippen molar-refractivity contribution in [2.24, 2.45) is 4.99 Å². The van der Waals surface area contributed by atoms with Crippen molar-refractivity contribution in [3.05, 3.63) is 29.6 Å². The summed E-state index contributed by atoms with van der Waals surface area (Å²) in [7, 11) is 0. The van der Waals surface area contributed by atoms with Crippen LogP contribution >= 0.6 is 0 Å². The number of nitrogens with zero attached hydrogens (tertiary/aromatic N) is 1. The molecule has 0 aromatic heterocycles. The molecule has 0 spiro atoms. The number of fused-ring (bicyclic) bond motifs is 1. The Balaban J connectivity index is 2.65. The Morgan fingerprint density at radius 3 is 3.00 bits per heavy atom. The van der Waals surface area contributed by atoms with E-state index in [0.717, 1.165) is 5.56 Å². The van der Waals surface area contributed by atoms with Crippen LogP contribution in [0.3, 0.4) is 0 Å². The van der Waals surface area contributed by atoms with Crippen LogP contribution in [0.2, 0.25) is 0 Å². The number of halogens is 1. The summed E-state index contributed by atoms with van der Waals surface area (Å²) in [5.74, 6) is 0.0452. The number of hydrogen-bond acceptors (Lipinski definition) is 1. The fourth-order valence-corrected chi connectivity index (χ4v) is 1.30. The first kappa shape index (κ1) is 6.53. The fourth-order valence-electron chi connectivity index (χ4n) is 1.30. The van der Waals surface area contributed by atoms with Gasteiger partial charge in [0.05, 0.1) is 0 Å². The van der Waals surface area contributed by atoms with Gasteiger partial charge < -0.3 is 0 Å². The zero-order valence-electron chi connectivity index (χ0n) is 6.21. The molecular formula is C9H8FN. The minimum atomic E-state index is -0.219. The average molecular weight is 149 g/mol. The van der Waals surface area contributed by atoms with Gasteiger partial charge in [-0.1, -0.05) is 19.1 Å². The lowest BCUT2D eigenvalue weighted by Crippen LogP contribution is -1.87. The van der Waals surface area contributed by atoms with Gasteiger partial charge in [-0.15, -0.1) is 0 Å². The number of aliphatic imine (C=N–C) groups is 1. The first-order valence-electron chi connectivity index (χ1n) is 3.61. The molecule has 0 radical (unpaired) electrons. The summed E-state index contributed by atoms with van der Waals surface area (Å²) in [5.41, 5.74) is 1.50. The van der Waals surface area contributed by atoms with E-state index in [1.165, 1.54) is 6.07 Å². The number of hydrogen-bond donors (Lipinski definition) is 0. The molecular weight excluding hydrogens is 141 g/mol. The molecule has 0 aliphatic carbocycles. The monoisotopic (exact) mass is 149 g/mol. The zero-order chi connectivity index (χ0) is 7.84. The van der Waals surface area contributed by atoms with E-state index in [1.54, 1.807) is 12.3 Å². The van der Waals surface area contributed by atoms with Gasteiger partial charge in [0.1, 0.15) is 11.5 Å². The molecule has 1 aliphatic heterocycles. The van der Waals surface area contributed by atoms with Gasteiger partial charge in [-0.25, -0.2) is 4.39 Å². The van der Waals surface area contributed by atoms with Gasteiger partial charge in [-0.2, -0.15) is 0 Å². The van der Waals surface area contributed by atoms with E-state index in [4.69, 9.17) is 0 Å². The van der Waals surface area contributed by atoms with Crippen molar-refractivity contribution in [1.82, 2.24) is 0 Å². The van der Waals surface area contributed by atoms with Crippen LogP contribution < -0.4 is 0 Å². The molecule has 11 heavy (non-hydrogen) atoms. The second-order valence-electron chi connectivity index (χ2n) is 2.74. The smallest absolute Gasteiger partial charge is 0.149 e. The normalized spacial score (nSPS) is 20.4. The van der Waals surface area contributed by atoms with Crippen molar-refractivity contribution in [2.75, 3.05) is 0 Å². The molecule has 1 aliphatic rings. The van der Waals surface area contributed by atoms with E-state index >= 15 is 0 Å². The third kappa shape index (κ3) is 0.862. The lowest BCUT2D eigenvalue weighted by atomic mass is 10.0. The molecule has 0 amide bonds. The van der Waals surface area contributed by atoms with Gasteiger partial charge >= 0.3 is 0 Å². The minimum absolute atomic E-state index is 0.219. The van der Waals surface area contributed by atoms with E-state index in [-0.39, 0.29) is 11.7 Å². The van der Waals surface area contributed by atoms with E-state index in [1.807, 2.05) is 13.0 Å². The van der Waals surface area contributed by atoms with Crippen molar-refractivity contribution >= 4 is 11.9 Å². The fraction of sp³-hybridized carbons (Fsp3) is 0.222. The molecule has 0 saturated heterocycles. The van der Waals surface area contributed by atoms with Crippen LogP contribution in [0.1, 0.15) is 18.4 Å². The third-order valence-corrected chi connectivity index (χ3v) is 1.94. The molecule has 2 rings (SSSR count). The summed E-state index contributed by atoms with van der Waals surface area (Å²) in [6.45, 7) is 2.01. The van der Waals surface area contributed by atoms with Crippen LogP contribution in [0.25, 0.3) is 0 Å². The molecule has 0 N–H and O–H groups in total. The highest BCUT2D eigenvalue weighted by atomic mass is 19.1. The van der Waals surface area contributed by atoms with Crippen LogP contribution in [0, 0.1) is 5.82 Å². The summed E-state index contributed by atoms with van der Waals surface area (Å²) in [6, 6.07) is 5.07. The first-order valence-corrected chi connectivity index (χ1v) is 3.61. The van der Waals surface area contributed by atoms with Crippen LogP contribution in [0.5, 0.6) is 0 Å². The van der Waals surface area contributed by atoms with Crippen molar-refractivity contribution < 1.29 is 4.39 Å². The van der Waals surface area contributed by atoms with E-state index < -0.39 is 0 Å². The van der Waals surface area contributed by atoms with Crippen molar-refractivity contribution in [1.29, 1.82) is 0 Å². The predicted octanol–water partition coefficient (Wildman–Crippen LogP) is 2.65. The van der Waals surface area contributed by atoms with Gasteiger partial charge in [0, 0.05) is 12.1 Å². The van der Waals surface area contributed by atoms with E-state index in [9.17, 15) is 4.39 Å². The van der Waals surface area contributed by atoms with Crippen molar-refractivity contribution in [3.63, 3.8) is 0 Å². The lowest BCUT2D eigenvalue weighted by Gasteiger charge is -2.01. The highest BCUT2D eigenvalue weighted by Crippen LogP contribution is 2.33. The summed E-state index contributed by atoms with van der Waals surface area (Å²) >= 11 is 0. The number of para-hydroxylation sites is 1. The van der Waals surface area contributed by atoms with Gasteiger partial charge in [0.2, 0.25) is 0 Å². The van der Waals surface area contributed by atoms with Crippen LogP contribution in [0.4, 0.5) is 10.1 Å². The molecule has 1 heterocycles. The first-order chi connectivity index (χ1) is 5.29. The maximum absolute atomic E-state index is 13.0. The highest BCUT2D eigenvalue weighted by molar-refractivity contribution is 5.80. The third-order valence-electron chi connectivity index (χ3n) is 1.94. The Morgan fingerprint density at radius 2 is 2.27 bits per heavy atom. The Kier molecular flexibility index (Phi) is 1.28. The minimum Gasteiger partial charge on any atom is -0.257 e. The molecule has 1 atom stereocenters. The summed E-state index contributed by atoms with van der Waals surface area (Å²) in [4.78, 5) is 3.98. The van der Waals surface area contributed by atoms with Crippen LogP contribution in [0.15, 0.2) is 23.2 Å². The van der Waals surface area contributed by atoms with Crippen molar-refractivity contribution in [2.45, 2.75) is 12.8 Å². The molecule has 1 aromatic rings. The van der Waals surface area contributed by atoms with Crippen LogP contribution in [-0.4, -0.2) is 6.21 Å². The Labute approximate surface area is 64.6 Å². The van der Waals surface area contributed by atoms with Gasteiger partial charge in [0.25, 0.3) is 0 Å². The topological polar surface area (TPSA) is 12.4 Å². The SMILES string of the molecule is CC1C=Nc2c(F)cccc21. The number of rotatable bonds is 0. The van der Waals surface area contributed by atoms with E-state index in [0.29, 0.717) is 5.69 Å². The standard InChI is InChI=1S/C9H8FN/c1-6-5-11-9-7(6)3-2-4-8(9)10/h2-6H,1H3. The van der Waals surface area contributed by atoms with Gasteiger partial charge in [-0.3, -0.25) is 4.99 Å². The molecule has 0 bridgehead atoms. The van der Waals surface area contributed by atoms with Crippen LogP contribution in [-0.2, 0) is 0 Å². The molecule has 2 heteroatoms. The maximum Gasteiger partial charge on any atom is 0.149 e. The molecule has 56 valence electrons. The molecule has 1 unspecified atom stereocenters. The number of benzene rings is 1. The summed E-state index contributed by atoms with van der Waals surface area (Å²) < 4.78 is 13.0. The van der Waals surface area contributed by atoms with E-state index in [2.05, 4.69) is 4.99 Å². The molecule has 1 aromatic carbocycles. The lowest BCUT2D eigenvalue weighted by molar-refractivity contribution is 0.629. The molecule has 0 saturated carbocycles. The zero-order valence-corrected chi connectivity index (χ0v) is 6.21. The Bertz CT molecular complexity index is 317. The Morgan fingerprint density at radius 1 is 1.45 bits per heavy atom. The summed E-state index contributed by atoms with van der Waals surface area (Å²) in [6.07, 6.45) is 1.77.